The minimum Gasteiger partial charge on any atom is -0.497 e. The zero-order chi connectivity index (χ0) is 14.4. The van der Waals surface area contributed by atoms with E-state index >= 15 is 0 Å². The van der Waals surface area contributed by atoms with Crippen LogP contribution in [0.15, 0.2) is 24.3 Å². The molecule has 1 aliphatic carbocycles. The van der Waals surface area contributed by atoms with Crippen molar-refractivity contribution in [2.75, 3.05) is 7.11 Å². The first-order chi connectivity index (χ1) is 9.76. The largest absolute Gasteiger partial charge is 0.497 e. The van der Waals surface area contributed by atoms with Gasteiger partial charge in [-0.25, -0.2) is 0 Å². The van der Waals surface area contributed by atoms with Crippen molar-refractivity contribution in [1.82, 2.24) is 5.32 Å². The van der Waals surface area contributed by atoms with Crippen LogP contribution in [-0.4, -0.2) is 13.2 Å². The molecule has 0 aliphatic heterocycles. The molecule has 20 heavy (non-hydrogen) atoms. The first-order valence-corrected chi connectivity index (χ1v) is 8.16. The van der Waals surface area contributed by atoms with E-state index in [2.05, 4.69) is 43.4 Å². The third-order valence-corrected chi connectivity index (χ3v) is 4.79. The highest BCUT2D eigenvalue weighted by molar-refractivity contribution is 5.29. The smallest absolute Gasteiger partial charge is 0.118 e. The van der Waals surface area contributed by atoms with E-state index in [1.807, 2.05) is 0 Å². The molecule has 2 nitrogen and oxygen atoms in total. The van der Waals surface area contributed by atoms with Gasteiger partial charge in [0.1, 0.15) is 5.75 Å². The normalized spacial score (nSPS) is 24.4. The van der Waals surface area contributed by atoms with E-state index < -0.39 is 0 Å². The minimum absolute atomic E-state index is 0.476. The van der Waals surface area contributed by atoms with E-state index in [-0.39, 0.29) is 0 Å². The molecule has 2 rings (SSSR count). The zero-order valence-corrected chi connectivity index (χ0v) is 13.2. The highest BCUT2D eigenvalue weighted by Crippen LogP contribution is 2.29. The Balaban J connectivity index is 1.91. The molecule has 0 aromatic heterocycles. The number of rotatable bonds is 6. The molecule has 0 bridgehead atoms. The van der Waals surface area contributed by atoms with Gasteiger partial charge in [-0.1, -0.05) is 32.4 Å². The lowest BCUT2D eigenvalue weighted by molar-refractivity contribution is 0.267. The maximum absolute atomic E-state index is 5.24. The molecule has 0 saturated heterocycles. The van der Waals surface area contributed by atoms with Crippen LogP contribution >= 0.6 is 0 Å². The van der Waals surface area contributed by atoms with Crippen LogP contribution in [0.1, 0.15) is 64.0 Å². The molecule has 2 heteroatoms. The van der Waals surface area contributed by atoms with Crippen LogP contribution in [0.5, 0.6) is 5.75 Å². The molecule has 0 amide bonds. The SMILES string of the molecule is CCC1CCC(NC(CC)c2ccc(OC)cc2)CC1. The minimum atomic E-state index is 0.476. The fraction of sp³-hybridized carbons (Fsp3) is 0.667. The Morgan fingerprint density at radius 3 is 2.25 bits per heavy atom. The summed E-state index contributed by atoms with van der Waals surface area (Å²) in [7, 11) is 1.72. The molecule has 1 aromatic rings. The van der Waals surface area contributed by atoms with Crippen molar-refractivity contribution in [1.29, 1.82) is 0 Å². The molecule has 1 unspecified atom stereocenters. The summed E-state index contributed by atoms with van der Waals surface area (Å²) in [5.41, 5.74) is 1.38. The Kier molecular flexibility index (Phi) is 5.90. The predicted molar refractivity (Wildman–Crippen MR) is 85.2 cm³/mol. The Labute approximate surface area is 123 Å². The molecule has 1 saturated carbocycles. The molecular formula is C18H29NO. The van der Waals surface area contributed by atoms with Crippen LogP contribution in [0.25, 0.3) is 0 Å². The van der Waals surface area contributed by atoms with E-state index in [0.29, 0.717) is 12.1 Å². The van der Waals surface area contributed by atoms with Gasteiger partial charge in [0.2, 0.25) is 0 Å². The summed E-state index contributed by atoms with van der Waals surface area (Å²) < 4.78 is 5.24. The van der Waals surface area contributed by atoms with Gasteiger partial charge in [0, 0.05) is 12.1 Å². The van der Waals surface area contributed by atoms with Crippen molar-refractivity contribution in [3.05, 3.63) is 29.8 Å². The second-order valence-corrected chi connectivity index (χ2v) is 6.03. The van der Waals surface area contributed by atoms with Gasteiger partial charge in [-0.3, -0.25) is 0 Å². The van der Waals surface area contributed by atoms with Gasteiger partial charge < -0.3 is 10.1 Å². The van der Waals surface area contributed by atoms with Gasteiger partial charge in [-0.05, 0) is 55.7 Å². The summed E-state index contributed by atoms with van der Waals surface area (Å²) in [6.45, 7) is 4.59. The summed E-state index contributed by atoms with van der Waals surface area (Å²) in [5, 5.41) is 3.86. The molecule has 1 aromatic carbocycles. The topological polar surface area (TPSA) is 21.3 Å². The lowest BCUT2D eigenvalue weighted by Gasteiger charge is -2.32. The third kappa shape index (κ3) is 3.99. The zero-order valence-electron chi connectivity index (χ0n) is 13.2. The van der Waals surface area contributed by atoms with Crippen molar-refractivity contribution < 1.29 is 4.74 Å². The van der Waals surface area contributed by atoms with Crippen LogP contribution in [0.2, 0.25) is 0 Å². The fourth-order valence-electron chi connectivity index (χ4n) is 3.31. The molecule has 1 N–H and O–H groups in total. The average molecular weight is 275 g/mol. The molecule has 0 heterocycles. The Morgan fingerprint density at radius 2 is 1.75 bits per heavy atom. The Hall–Kier alpha value is -1.02. The van der Waals surface area contributed by atoms with Gasteiger partial charge in [-0.2, -0.15) is 0 Å². The lowest BCUT2D eigenvalue weighted by Crippen LogP contribution is -2.35. The van der Waals surface area contributed by atoms with E-state index in [0.717, 1.165) is 18.1 Å². The van der Waals surface area contributed by atoms with E-state index in [9.17, 15) is 0 Å². The summed E-state index contributed by atoms with van der Waals surface area (Å²) in [6, 6.07) is 9.69. The summed E-state index contributed by atoms with van der Waals surface area (Å²) in [5.74, 6) is 1.90. The second-order valence-electron chi connectivity index (χ2n) is 6.03. The number of methoxy groups -OCH3 is 1. The molecule has 0 spiro atoms. The molecule has 1 aliphatic rings. The molecule has 0 radical (unpaired) electrons. The maximum atomic E-state index is 5.24. The van der Waals surface area contributed by atoms with Crippen LogP contribution in [0, 0.1) is 5.92 Å². The van der Waals surface area contributed by atoms with Gasteiger partial charge in [-0.15, -0.1) is 0 Å². The molecular weight excluding hydrogens is 246 g/mol. The van der Waals surface area contributed by atoms with Crippen molar-refractivity contribution in [2.45, 2.75) is 64.5 Å². The maximum Gasteiger partial charge on any atom is 0.118 e. The van der Waals surface area contributed by atoms with Crippen LogP contribution < -0.4 is 10.1 Å². The summed E-state index contributed by atoms with van der Waals surface area (Å²) in [4.78, 5) is 0. The van der Waals surface area contributed by atoms with E-state index in [1.54, 1.807) is 7.11 Å². The van der Waals surface area contributed by atoms with E-state index in [4.69, 9.17) is 4.74 Å². The van der Waals surface area contributed by atoms with Crippen LogP contribution in [0.3, 0.4) is 0 Å². The first-order valence-electron chi connectivity index (χ1n) is 8.16. The first kappa shape index (κ1) is 15.4. The Bertz CT molecular complexity index is 379. The summed E-state index contributed by atoms with van der Waals surface area (Å²) in [6.07, 6.45) is 7.96. The number of nitrogens with one attached hydrogen (secondary N) is 1. The van der Waals surface area contributed by atoms with E-state index in [1.165, 1.54) is 37.7 Å². The number of hydrogen-bond acceptors (Lipinski definition) is 2. The molecule has 1 fully saturated rings. The van der Waals surface area contributed by atoms with Crippen molar-refractivity contribution in [2.24, 2.45) is 5.92 Å². The summed E-state index contributed by atoms with van der Waals surface area (Å²) >= 11 is 0. The highest BCUT2D eigenvalue weighted by Gasteiger charge is 2.22. The van der Waals surface area contributed by atoms with Crippen molar-refractivity contribution in [3.8, 4) is 5.75 Å². The number of benzene rings is 1. The van der Waals surface area contributed by atoms with Crippen LogP contribution in [0.4, 0.5) is 0 Å². The van der Waals surface area contributed by atoms with Gasteiger partial charge >= 0.3 is 0 Å². The average Bonchev–Trinajstić information content (AvgIpc) is 2.53. The third-order valence-electron chi connectivity index (χ3n) is 4.79. The second kappa shape index (κ2) is 7.68. The number of ether oxygens (including phenoxy) is 1. The molecule has 112 valence electrons. The standard InChI is InChI=1S/C18H29NO/c1-4-14-6-10-16(11-7-14)19-18(5-2)15-8-12-17(20-3)13-9-15/h8-9,12-14,16,18-19H,4-7,10-11H2,1-3H3. The molecule has 1 atom stereocenters. The van der Waals surface area contributed by atoms with Crippen molar-refractivity contribution in [3.63, 3.8) is 0 Å². The number of hydrogen-bond donors (Lipinski definition) is 1. The Morgan fingerprint density at radius 1 is 1.10 bits per heavy atom. The van der Waals surface area contributed by atoms with Crippen LogP contribution in [-0.2, 0) is 0 Å². The highest BCUT2D eigenvalue weighted by atomic mass is 16.5. The predicted octanol–water partition coefficient (Wildman–Crippen LogP) is 4.70. The van der Waals surface area contributed by atoms with Crippen molar-refractivity contribution >= 4 is 0 Å². The lowest BCUT2D eigenvalue weighted by atomic mass is 9.84. The van der Waals surface area contributed by atoms with Gasteiger partial charge in [0.15, 0.2) is 0 Å². The van der Waals surface area contributed by atoms with Gasteiger partial charge in [0.25, 0.3) is 0 Å². The quantitative estimate of drug-likeness (QED) is 0.812. The monoisotopic (exact) mass is 275 g/mol. The fourth-order valence-corrected chi connectivity index (χ4v) is 3.31. The van der Waals surface area contributed by atoms with Gasteiger partial charge in [0.05, 0.1) is 7.11 Å².